The number of hydrogen-bond acceptors (Lipinski definition) is 7. The van der Waals surface area contributed by atoms with E-state index in [0.29, 0.717) is 36.7 Å². The summed E-state index contributed by atoms with van der Waals surface area (Å²) >= 11 is 0. The Hall–Kier alpha value is -4.08. The number of piperidine rings is 1. The molecule has 3 aliphatic rings. The van der Waals surface area contributed by atoms with E-state index in [4.69, 9.17) is 19.3 Å². The van der Waals surface area contributed by atoms with Crippen molar-refractivity contribution in [3.05, 3.63) is 89.0 Å². The van der Waals surface area contributed by atoms with Crippen molar-refractivity contribution in [2.45, 2.75) is 38.6 Å². The van der Waals surface area contributed by atoms with Crippen molar-refractivity contribution in [2.75, 3.05) is 32.9 Å². The summed E-state index contributed by atoms with van der Waals surface area (Å²) in [6, 6.07) is 20.5. The Morgan fingerprint density at radius 1 is 1.07 bits per heavy atom. The predicted molar refractivity (Wildman–Crippen MR) is 150 cm³/mol. The topological polar surface area (TPSA) is 109 Å². The maximum atomic E-state index is 13.4. The van der Waals surface area contributed by atoms with Gasteiger partial charge in [0.2, 0.25) is 0 Å². The number of nitrogens with zero attached hydrogens (tertiary/aromatic N) is 1. The number of amides is 2. The molecule has 3 aromatic rings. The fourth-order valence-corrected chi connectivity index (χ4v) is 4.98. The number of ether oxygens (including phenoxy) is 3. The normalized spacial score (nSPS) is 19.9. The number of rotatable bonds is 5. The van der Waals surface area contributed by atoms with Crippen molar-refractivity contribution >= 4 is 11.8 Å². The number of nitrogens with one attached hydrogen (secondary N) is 2. The minimum Gasteiger partial charge on any atom is -0.491 e. The molecule has 40 heavy (non-hydrogen) atoms. The molecule has 0 radical (unpaired) electrons. The Bertz CT molecular complexity index is 1330. The highest BCUT2D eigenvalue weighted by atomic mass is 16.5. The van der Waals surface area contributed by atoms with Crippen molar-refractivity contribution in [1.29, 1.82) is 0 Å². The molecule has 3 heterocycles. The molecule has 3 aliphatic heterocycles. The number of carbonyl (C=O) groups excluding carboxylic acids is 2. The molecular formula is C31H35N3O6. The van der Waals surface area contributed by atoms with E-state index in [-0.39, 0.29) is 43.8 Å². The molecule has 9 nitrogen and oxygen atoms in total. The first-order chi connectivity index (χ1) is 19.5. The lowest BCUT2D eigenvalue weighted by Gasteiger charge is -2.39. The molecular weight excluding hydrogens is 510 g/mol. The Labute approximate surface area is 234 Å². The average molecular weight is 546 g/mol. The van der Waals surface area contributed by atoms with Crippen molar-refractivity contribution in [3.8, 4) is 17.2 Å². The lowest BCUT2D eigenvalue weighted by atomic mass is 10.00. The summed E-state index contributed by atoms with van der Waals surface area (Å²) in [6.07, 6.45) is 0.507. The van der Waals surface area contributed by atoms with Gasteiger partial charge in [-0.1, -0.05) is 30.3 Å². The van der Waals surface area contributed by atoms with Crippen LogP contribution in [-0.2, 0) is 17.9 Å². The second kappa shape index (κ2) is 12.8. The number of fused-ring (bicyclic) bond motifs is 7. The molecule has 0 spiro atoms. The van der Waals surface area contributed by atoms with Gasteiger partial charge in [0.1, 0.15) is 30.0 Å². The van der Waals surface area contributed by atoms with E-state index < -0.39 is 0 Å². The Balaban J connectivity index is 1.37. The largest absolute Gasteiger partial charge is 0.491 e. The van der Waals surface area contributed by atoms with Crippen LogP contribution in [0.15, 0.2) is 66.7 Å². The van der Waals surface area contributed by atoms with E-state index >= 15 is 0 Å². The minimum atomic E-state index is -0.264. The fourth-order valence-electron chi connectivity index (χ4n) is 4.98. The molecule has 3 aromatic carbocycles. The molecule has 1 saturated heterocycles. The highest BCUT2D eigenvalue weighted by molar-refractivity contribution is 5.95. The Kier molecular flexibility index (Phi) is 8.83. The number of carbonyl (C=O) groups is 2. The van der Waals surface area contributed by atoms with Crippen LogP contribution < -0.4 is 24.8 Å². The zero-order valence-corrected chi connectivity index (χ0v) is 22.6. The van der Waals surface area contributed by atoms with E-state index in [0.717, 1.165) is 35.4 Å². The van der Waals surface area contributed by atoms with Gasteiger partial charge < -0.3 is 30.0 Å². The van der Waals surface area contributed by atoms with Crippen molar-refractivity contribution in [2.24, 2.45) is 0 Å². The lowest BCUT2D eigenvalue weighted by Crippen LogP contribution is -2.56. The smallest absolute Gasteiger partial charge is 0.258 e. The van der Waals surface area contributed by atoms with Gasteiger partial charge in [-0.3, -0.25) is 14.5 Å². The molecule has 0 unspecified atom stereocenters. The SMILES string of the molecule is Cc1ccc2cc1OCC(=O)NCc1ccc(cc1)O[C@H]1CCN(Cc3cccc(OCCO)c3)C[C@@H]1NC2=O. The average Bonchev–Trinajstić information content (AvgIpc) is 2.96. The van der Waals surface area contributed by atoms with Gasteiger partial charge in [0.05, 0.1) is 12.6 Å². The molecule has 2 amide bonds. The van der Waals surface area contributed by atoms with Gasteiger partial charge in [0.25, 0.3) is 11.8 Å². The molecule has 0 aromatic heterocycles. The molecule has 1 fully saturated rings. The number of benzene rings is 3. The highest BCUT2D eigenvalue weighted by Gasteiger charge is 2.32. The van der Waals surface area contributed by atoms with Crippen molar-refractivity contribution < 1.29 is 28.9 Å². The summed E-state index contributed by atoms with van der Waals surface area (Å²) in [4.78, 5) is 28.1. The van der Waals surface area contributed by atoms with Gasteiger partial charge in [0, 0.05) is 31.7 Å². The third kappa shape index (κ3) is 7.11. The van der Waals surface area contributed by atoms with Crippen LogP contribution in [0.1, 0.15) is 33.5 Å². The van der Waals surface area contributed by atoms with Crippen LogP contribution in [0.25, 0.3) is 0 Å². The minimum absolute atomic E-state index is 0.0362. The number of aliphatic hydroxyl groups excluding tert-OH is 1. The van der Waals surface area contributed by atoms with E-state index in [1.165, 1.54) is 0 Å². The molecule has 6 rings (SSSR count). The number of hydrogen-bond donors (Lipinski definition) is 3. The third-order valence-corrected chi connectivity index (χ3v) is 7.12. The molecule has 0 saturated carbocycles. The van der Waals surface area contributed by atoms with Gasteiger partial charge in [-0.2, -0.15) is 0 Å². The Morgan fingerprint density at radius 3 is 2.75 bits per heavy atom. The van der Waals surface area contributed by atoms with Crippen LogP contribution in [0, 0.1) is 6.92 Å². The van der Waals surface area contributed by atoms with Gasteiger partial charge in [0.15, 0.2) is 6.61 Å². The second-order valence-electron chi connectivity index (χ2n) is 10.2. The van der Waals surface area contributed by atoms with E-state index in [9.17, 15) is 9.59 Å². The zero-order valence-electron chi connectivity index (χ0n) is 22.6. The van der Waals surface area contributed by atoms with Gasteiger partial charge >= 0.3 is 0 Å². The van der Waals surface area contributed by atoms with E-state index in [1.807, 2.05) is 61.5 Å². The van der Waals surface area contributed by atoms with Crippen LogP contribution in [0.4, 0.5) is 0 Å². The number of aryl methyl sites for hydroxylation is 1. The van der Waals surface area contributed by atoms with E-state index in [2.05, 4.69) is 15.5 Å². The summed E-state index contributed by atoms with van der Waals surface area (Å²) in [6.45, 7) is 4.42. The fraction of sp³-hybridized carbons (Fsp3) is 0.355. The highest BCUT2D eigenvalue weighted by Crippen LogP contribution is 2.24. The molecule has 0 aliphatic carbocycles. The summed E-state index contributed by atoms with van der Waals surface area (Å²) < 4.78 is 17.7. The maximum Gasteiger partial charge on any atom is 0.258 e. The predicted octanol–water partition coefficient (Wildman–Crippen LogP) is 2.83. The van der Waals surface area contributed by atoms with Crippen molar-refractivity contribution in [3.63, 3.8) is 0 Å². The van der Waals surface area contributed by atoms with Gasteiger partial charge in [-0.15, -0.1) is 0 Å². The first-order valence-corrected chi connectivity index (χ1v) is 13.6. The van der Waals surface area contributed by atoms with Crippen LogP contribution in [0.3, 0.4) is 0 Å². The molecule has 2 atom stereocenters. The molecule has 3 N–H and O–H groups in total. The van der Waals surface area contributed by atoms with Gasteiger partial charge in [-0.25, -0.2) is 0 Å². The lowest BCUT2D eigenvalue weighted by molar-refractivity contribution is -0.123. The van der Waals surface area contributed by atoms with Crippen LogP contribution in [0.2, 0.25) is 0 Å². The monoisotopic (exact) mass is 545 g/mol. The van der Waals surface area contributed by atoms with E-state index in [1.54, 1.807) is 12.1 Å². The first kappa shape index (κ1) is 27.5. The number of aliphatic hydroxyl groups is 1. The summed E-state index contributed by atoms with van der Waals surface area (Å²) in [7, 11) is 0. The first-order valence-electron chi connectivity index (χ1n) is 13.6. The van der Waals surface area contributed by atoms with Gasteiger partial charge in [-0.05, 0) is 66.4 Å². The number of likely N-dealkylation sites (tertiary alicyclic amines) is 1. The Morgan fingerprint density at radius 2 is 1.93 bits per heavy atom. The quantitative estimate of drug-likeness (QED) is 0.452. The summed E-state index contributed by atoms with van der Waals surface area (Å²) in [5, 5.41) is 15.1. The maximum absolute atomic E-state index is 13.4. The second-order valence-corrected chi connectivity index (χ2v) is 10.2. The zero-order chi connectivity index (χ0) is 27.9. The standard InChI is InChI=1S/C31H35N3O6/c1-21-5-8-24-16-29(21)39-20-30(36)32-17-22-6-9-25(10-7-22)40-28-11-12-34(19-27(28)33-31(24)37)18-23-3-2-4-26(15-23)38-14-13-35/h2-10,15-16,27-28,35H,11-14,17-20H2,1H3,(H,32,36)(H,33,37)/t27-,28-/m0/s1. The molecule has 4 bridgehead atoms. The van der Waals surface area contributed by atoms with Crippen LogP contribution >= 0.6 is 0 Å². The third-order valence-electron chi connectivity index (χ3n) is 7.12. The molecule has 9 heteroatoms. The van der Waals surface area contributed by atoms with Crippen LogP contribution in [-0.4, -0.2) is 66.9 Å². The van der Waals surface area contributed by atoms with Crippen molar-refractivity contribution in [1.82, 2.24) is 15.5 Å². The summed E-state index contributed by atoms with van der Waals surface area (Å²) in [5.74, 6) is 1.46. The van der Waals surface area contributed by atoms with Crippen LogP contribution in [0.5, 0.6) is 17.2 Å². The summed E-state index contributed by atoms with van der Waals surface area (Å²) in [5.41, 5.74) is 3.34. The molecule has 210 valence electrons.